The monoisotopic (exact) mass is 239 g/mol. The maximum absolute atomic E-state index is 4.13. The van der Waals surface area contributed by atoms with Gasteiger partial charge in [0.05, 0.1) is 0 Å². The fraction of sp³-hybridized carbons (Fsp3) is 0.333. The molecule has 1 aliphatic rings. The fourth-order valence-electron chi connectivity index (χ4n) is 2.78. The Labute approximate surface area is 107 Å². The Kier molecular flexibility index (Phi) is 3.07. The first kappa shape index (κ1) is 11.4. The Morgan fingerprint density at radius 3 is 2.78 bits per heavy atom. The lowest BCUT2D eigenvalue weighted by Gasteiger charge is -2.37. The summed E-state index contributed by atoms with van der Waals surface area (Å²) in [6, 6.07) is 9.01. The number of nitrogens with one attached hydrogen (secondary N) is 1. The van der Waals surface area contributed by atoms with Crippen LogP contribution in [0.15, 0.2) is 43.0 Å². The predicted octanol–water partition coefficient (Wildman–Crippen LogP) is 2.47. The van der Waals surface area contributed by atoms with Crippen LogP contribution in [0.25, 0.3) is 0 Å². The van der Waals surface area contributed by atoms with Crippen molar-refractivity contribution in [2.75, 3.05) is 6.54 Å². The van der Waals surface area contributed by atoms with Crippen LogP contribution < -0.4 is 5.32 Å². The van der Waals surface area contributed by atoms with Gasteiger partial charge in [-0.15, -0.1) is 0 Å². The SMILES string of the molecule is CCNC(c1cncnc1)C1Cc2ccccc21. The van der Waals surface area contributed by atoms with Gasteiger partial charge in [-0.1, -0.05) is 31.2 Å². The molecule has 3 rings (SSSR count). The van der Waals surface area contributed by atoms with E-state index in [1.54, 1.807) is 6.33 Å². The first-order valence-electron chi connectivity index (χ1n) is 6.46. The minimum absolute atomic E-state index is 0.325. The van der Waals surface area contributed by atoms with Gasteiger partial charge in [0.25, 0.3) is 0 Å². The van der Waals surface area contributed by atoms with Crippen molar-refractivity contribution >= 4 is 0 Å². The molecule has 2 unspecified atom stereocenters. The molecule has 0 saturated heterocycles. The van der Waals surface area contributed by atoms with E-state index >= 15 is 0 Å². The first-order valence-corrected chi connectivity index (χ1v) is 6.46. The molecule has 0 bridgehead atoms. The zero-order valence-electron chi connectivity index (χ0n) is 10.5. The molecular weight excluding hydrogens is 222 g/mol. The standard InChI is InChI=1S/C15H17N3/c1-2-18-15(12-8-16-10-17-9-12)14-7-11-5-3-4-6-13(11)14/h3-6,8-10,14-15,18H,2,7H2,1H3. The van der Waals surface area contributed by atoms with Crippen molar-refractivity contribution in [2.24, 2.45) is 0 Å². The summed E-state index contributed by atoms with van der Waals surface area (Å²) in [5.41, 5.74) is 4.12. The molecule has 1 N–H and O–H groups in total. The van der Waals surface area contributed by atoms with Crippen molar-refractivity contribution in [3.63, 3.8) is 0 Å². The third kappa shape index (κ3) is 1.91. The molecule has 0 spiro atoms. The van der Waals surface area contributed by atoms with Crippen LogP contribution in [0.5, 0.6) is 0 Å². The second kappa shape index (κ2) is 4.86. The van der Waals surface area contributed by atoms with E-state index < -0.39 is 0 Å². The van der Waals surface area contributed by atoms with Crippen LogP contribution in [0.4, 0.5) is 0 Å². The maximum atomic E-state index is 4.13. The summed E-state index contributed by atoms with van der Waals surface area (Å²) in [5.74, 6) is 0.548. The normalized spacial score (nSPS) is 18.8. The van der Waals surface area contributed by atoms with E-state index in [9.17, 15) is 0 Å². The third-order valence-corrected chi connectivity index (χ3v) is 3.66. The molecule has 1 aliphatic carbocycles. The average molecular weight is 239 g/mol. The number of nitrogens with zero attached hydrogens (tertiary/aromatic N) is 2. The predicted molar refractivity (Wildman–Crippen MR) is 71.3 cm³/mol. The maximum Gasteiger partial charge on any atom is 0.115 e. The van der Waals surface area contributed by atoms with E-state index in [1.165, 1.54) is 16.7 Å². The molecule has 18 heavy (non-hydrogen) atoms. The Morgan fingerprint density at radius 2 is 2.06 bits per heavy atom. The van der Waals surface area contributed by atoms with Crippen LogP contribution in [0.1, 0.15) is 35.6 Å². The van der Waals surface area contributed by atoms with Crippen molar-refractivity contribution in [3.8, 4) is 0 Å². The zero-order valence-corrected chi connectivity index (χ0v) is 10.5. The van der Waals surface area contributed by atoms with Gasteiger partial charge in [-0.3, -0.25) is 0 Å². The summed E-state index contributed by atoms with van der Waals surface area (Å²) in [6.07, 6.45) is 6.56. The number of hydrogen-bond donors (Lipinski definition) is 1. The molecule has 2 atom stereocenters. The van der Waals surface area contributed by atoms with Crippen LogP contribution in [-0.2, 0) is 6.42 Å². The van der Waals surface area contributed by atoms with E-state index in [4.69, 9.17) is 0 Å². The van der Waals surface area contributed by atoms with Crippen molar-refractivity contribution in [1.29, 1.82) is 0 Å². The van der Waals surface area contributed by atoms with Crippen molar-refractivity contribution in [1.82, 2.24) is 15.3 Å². The number of fused-ring (bicyclic) bond motifs is 1. The Morgan fingerprint density at radius 1 is 1.28 bits per heavy atom. The first-order chi connectivity index (χ1) is 8.90. The highest BCUT2D eigenvalue weighted by molar-refractivity contribution is 5.42. The van der Waals surface area contributed by atoms with E-state index in [0.717, 1.165) is 13.0 Å². The number of rotatable bonds is 4. The molecule has 0 aliphatic heterocycles. The topological polar surface area (TPSA) is 37.8 Å². The Balaban J connectivity index is 1.89. The van der Waals surface area contributed by atoms with Gasteiger partial charge in [-0.25, -0.2) is 9.97 Å². The lowest BCUT2D eigenvalue weighted by molar-refractivity contribution is 0.418. The Bertz CT molecular complexity index is 524. The van der Waals surface area contributed by atoms with E-state index in [0.29, 0.717) is 12.0 Å². The summed E-state index contributed by atoms with van der Waals surface area (Å²) in [4.78, 5) is 8.27. The Hall–Kier alpha value is -1.74. The summed E-state index contributed by atoms with van der Waals surface area (Å²) >= 11 is 0. The average Bonchev–Trinajstić information content (AvgIpc) is 2.40. The summed E-state index contributed by atoms with van der Waals surface area (Å²) in [5, 5.41) is 3.56. The van der Waals surface area contributed by atoms with Gasteiger partial charge in [-0.05, 0) is 24.1 Å². The van der Waals surface area contributed by atoms with Gasteiger partial charge in [0.15, 0.2) is 0 Å². The molecule has 2 aromatic rings. The highest BCUT2D eigenvalue weighted by Gasteiger charge is 2.33. The molecule has 1 aromatic heterocycles. The zero-order chi connectivity index (χ0) is 12.4. The summed E-state index contributed by atoms with van der Waals surface area (Å²) < 4.78 is 0. The number of aromatic nitrogens is 2. The lowest BCUT2D eigenvalue weighted by Crippen LogP contribution is -2.33. The van der Waals surface area contributed by atoms with Crippen LogP contribution in [0.3, 0.4) is 0 Å². The second-order valence-corrected chi connectivity index (χ2v) is 4.72. The van der Waals surface area contributed by atoms with Gasteiger partial charge < -0.3 is 5.32 Å². The molecule has 1 aromatic carbocycles. The van der Waals surface area contributed by atoms with E-state index in [-0.39, 0.29) is 0 Å². The molecular formula is C15H17N3. The minimum atomic E-state index is 0.325. The van der Waals surface area contributed by atoms with Gasteiger partial charge in [0.2, 0.25) is 0 Å². The summed E-state index contributed by atoms with van der Waals surface area (Å²) in [6.45, 7) is 3.10. The van der Waals surface area contributed by atoms with Crippen molar-refractivity contribution < 1.29 is 0 Å². The largest absolute Gasteiger partial charge is 0.310 e. The van der Waals surface area contributed by atoms with Crippen molar-refractivity contribution in [3.05, 3.63) is 59.7 Å². The molecule has 0 radical (unpaired) electrons. The van der Waals surface area contributed by atoms with Crippen molar-refractivity contribution in [2.45, 2.75) is 25.3 Å². The van der Waals surface area contributed by atoms with Gasteiger partial charge >= 0.3 is 0 Å². The van der Waals surface area contributed by atoms with Crippen LogP contribution >= 0.6 is 0 Å². The van der Waals surface area contributed by atoms with Gasteiger partial charge in [-0.2, -0.15) is 0 Å². The second-order valence-electron chi connectivity index (χ2n) is 4.72. The number of hydrogen-bond acceptors (Lipinski definition) is 3. The molecule has 0 fully saturated rings. The molecule has 0 saturated carbocycles. The number of benzene rings is 1. The highest BCUT2D eigenvalue weighted by Crippen LogP contribution is 2.43. The van der Waals surface area contributed by atoms with Crippen LogP contribution in [0.2, 0.25) is 0 Å². The third-order valence-electron chi connectivity index (χ3n) is 3.66. The minimum Gasteiger partial charge on any atom is -0.310 e. The highest BCUT2D eigenvalue weighted by atomic mass is 14.9. The lowest BCUT2D eigenvalue weighted by atomic mass is 9.72. The molecule has 0 amide bonds. The quantitative estimate of drug-likeness (QED) is 0.890. The number of likely N-dealkylation sites (N-methyl/N-ethyl adjacent to an activating group) is 1. The molecule has 3 nitrogen and oxygen atoms in total. The fourth-order valence-corrected chi connectivity index (χ4v) is 2.78. The molecule has 92 valence electrons. The van der Waals surface area contributed by atoms with E-state index in [1.807, 2.05) is 12.4 Å². The molecule has 1 heterocycles. The van der Waals surface area contributed by atoms with Crippen LogP contribution in [-0.4, -0.2) is 16.5 Å². The summed E-state index contributed by atoms with van der Waals surface area (Å²) in [7, 11) is 0. The van der Waals surface area contributed by atoms with Gasteiger partial charge in [0.1, 0.15) is 6.33 Å². The molecule has 3 heteroatoms. The van der Waals surface area contributed by atoms with E-state index in [2.05, 4.69) is 46.5 Å². The smallest absolute Gasteiger partial charge is 0.115 e. The van der Waals surface area contributed by atoms with Crippen LogP contribution in [0, 0.1) is 0 Å². The van der Waals surface area contributed by atoms with Gasteiger partial charge in [0, 0.05) is 29.9 Å².